The second-order valence-electron chi connectivity index (χ2n) is 4.17. The van der Waals surface area contributed by atoms with Crippen LogP contribution in [0.5, 0.6) is 0 Å². The Morgan fingerprint density at radius 3 is 2.58 bits per heavy atom. The summed E-state index contributed by atoms with van der Waals surface area (Å²) < 4.78 is 26.1. The lowest BCUT2D eigenvalue weighted by atomic mass is 10.1. The summed E-state index contributed by atoms with van der Waals surface area (Å²) in [5.74, 6) is 0.783. The van der Waals surface area contributed by atoms with E-state index in [4.69, 9.17) is 5.73 Å². The molecule has 102 valence electrons. The molecule has 1 heterocycles. The minimum Gasteiger partial charge on any atom is -0.324 e. The fraction of sp³-hybridized carbons (Fsp3) is 0.308. The monoisotopic (exact) mass is 283 g/mol. The van der Waals surface area contributed by atoms with Crippen molar-refractivity contribution in [2.45, 2.75) is 30.2 Å². The molecule has 1 aromatic carbocycles. The highest BCUT2D eigenvalue weighted by atomic mass is 32.2. The molecule has 2 N–H and O–H groups in total. The van der Waals surface area contributed by atoms with Gasteiger partial charge < -0.3 is 5.73 Å². The van der Waals surface area contributed by atoms with E-state index in [0.29, 0.717) is 11.6 Å². The Bertz CT molecular complexity index is 523. The summed E-state index contributed by atoms with van der Waals surface area (Å²) >= 11 is 1.47. The second-order valence-corrected chi connectivity index (χ2v) is 5.22. The first kappa shape index (κ1) is 14.0. The first-order valence-electron chi connectivity index (χ1n) is 5.86. The van der Waals surface area contributed by atoms with Crippen molar-refractivity contribution in [1.29, 1.82) is 0 Å². The van der Waals surface area contributed by atoms with Crippen LogP contribution in [0.2, 0.25) is 0 Å². The molecule has 0 saturated carbocycles. The van der Waals surface area contributed by atoms with Gasteiger partial charge in [-0.25, -0.2) is 4.98 Å². The van der Waals surface area contributed by atoms with Crippen LogP contribution in [0, 0.1) is 0 Å². The Labute approximate surface area is 114 Å². The number of nitrogens with zero attached hydrogens (tertiary/aromatic N) is 2. The molecule has 0 amide bonds. The number of hydrogen-bond acceptors (Lipinski definition) is 3. The highest BCUT2D eigenvalue weighted by Crippen LogP contribution is 2.25. The summed E-state index contributed by atoms with van der Waals surface area (Å²) in [6.07, 6.45) is 2.68. The van der Waals surface area contributed by atoms with Gasteiger partial charge in [-0.1, -0.05) is 12.1 Å². The molecular weight excluding hydrogens is 268 g/mol. The molecule has 0 aliphatic rings. The van der Waals surface area contributed by atoms with Gasteiger partial charge in [0.1, 0.15) is 5.82 Å². The van der Waals surface area contributed by atoms with Crippen molar-refractivity contribution >= 4 is 11.8 Å². The van der Waals surface area contributed by atoms with E-state index in [2.05, 4.69) is 4.98 Å². The lowest BCUT2D eigenvalue weighted by molar-refractivity contribution is 0.0678. The van der Waals surface area contributed by atoms with Gasteiger partial charge in [-0.3, -0.25) is 4.57 Å². The summed E-state index contributed by atoms with van der Waals surface area (Å²) in [6.45, 7) is -0.625. The van der Waals surface area contributed by atoms with Gasteiger partial charge in [0.05, 0.1) is 5.75 Å². The Morgan fingerprint density at radius 1 is 1.32 bits per heavy atom. The molecule has 1 unspecified atom stereocenters. The number of imidazole rings is 1. The number of rotatable bonds is 5. The maximum Gasteiger partial charge on any atom is 0.319 e. The summed E-state index contributed by atoms with van der Waals surface area (Å²) in [5, 5.41) is 0. The third-order valence-corrected chi connectivity index (χ3v) is 3.74. The highest BCUT2D eigenvalue weighted by molar-refractivity contribution is 7.98. The Kier molecular flexibility index (Phi) is 4.55. The lowest BCUT2D eigenvalue weighted by Gasteiger charge is -2.08. The van der Waals surface area contributed by atoms with Crippen molar-refractivity contribution in [2.75, 3.05) is 0 Å². The minimum atomic E-state index is -2.54. The first-order valence-corrected chi connectivity index (χ1v) is 6.84. The van der Waals surface area contributed by atoms with E-state index in [9.17, 15) is 8.78 Å². The van der Waals surface area contributed by atoms with Crippen LogP contribution in [0.3, 0.4) is 0 Å². The number of hydrogen-bond donors (Lipinski definition) is 1. The van der Waals surface area contributed by atoms with E-state index in [-0.39, 0.29) is 6.04 Å². The van der Waals surface area contributed by atoms with E-state index in [1.54, 1.807) is 0 Å². The van der Waals surface area contributed by atoms with E-state index >= 15 is 0 Å². The summed E-state index contributed by atoms with van der Waals surface area (Å²) in [7, 11) is 0. The van der Waals surface area contributed by atoms with Gasteiger partial charge >= 0.3 is 6.55 Å². The predicted octanol–water partition coefficient (Wildman–Crippen LogP) is 3.59. The van der Waals surface area contributed by atoms with E-state index in [1.165, 1.54) is 24.2 Å². The average molecular weight is 283 g/mol. The number of nitrogens with two attached hydrogens (primary N) is 1. The van der Waals surface area contributed by atoms with E-state index in [0.717, 1.165) is 15.0 Å². The average Bonchev–Trinajstić information content (AvgIpc) is 2.85. The molecule has 19 heavy (non-hydrogen) atoms. The molecule has 0 spiro atoms. The third kappa shape index (κ3) is 3.54. The molecule has 1 aromatic heterocycles. The van der Waals surface area contributed by atoms with Gasteiger partial charge in [0.2, 0.25) is 0 Å². The SMILES string of the molecule is CC(N)c1ccc(SCc2nccn2C(F)F)cc1. The fourth-order valence-corrected chi connectivity index (χ4v) is 2.50. The van der Waals surface area contributed by atoms with Crippen LogP contribution in [0.4, 0.5) is 8.78 Å². The minimum absolute atomic E-state index is 0.00298. The molecule has 2 rings (SSSR count). The maximum atomic E-state index is 12.6. The van der Waals surface area contributed by atoms with Crippen molar-refractivity contribution in [1.82, 2.24) is 9.55 Å². The summed E-state index contributed by atoms with van der Waals surface area (Å²) in [4.78, 5) is 4.95. The molecule has 0 fully saturated rings. The summed E-state index contributed by atoms with van der Waals surface area (Å²) in [6, 6.07) is 7.79. The van der Waals surface area contributed by atoms with Crippen molar-refractivity contribution in [3.63, 3.8) is 0 Å². The van der Waals surface area contributed by atoms with Crippen LogP contribution in [-0.2, 0) is 5.75 Å². The number of aromatic nitrogens is 2. The molecule has 0 saturated heterocycles. The van der Waals surface area contributed by atoms with Gasteiger partial charge in [-0.05, 0) is 24.6 Å². The zero-order valence-corrected chi connectivity index (χ0v) is 11.3. The lowest BCUT2D eigenvalue weighted by Crippen LogP contribution is -2.04. The largest absolute Gasteiger partial charge is 0.324 e. The molecule has 3 nitrogen and oxygen atoms in total. The van der Waals surface area contributed by atoms with Crippen LogP contribution in [0.1, 0.15) is 30.9 Å². The zero-order valence-electron chi connectivity index (χ0n) is 10.5. The van der Waals surface area contributed by atoms with Crippen molar-refractivity contribution < 1.29 is 8.78 Å². The van der Waals surface area contributed by atoms with Crippen molar-refractivity contribution in [2.24, 2.45) is 5.73 Å². The predicted molar refractivity (Wildman–Crippen MR) is 72.1 cm³/mol. The number of halogens is 2. The van der Waals surface area contributed by atoms with Crippen LogP contribution in [0.25, 0.3) is 0 Å². The smallest absolute Gasteiger partial charge is 0.319 e. The van der Waals surface area contributed by atoms with Crippen LogP contribution in [-0.4, -0.2) is 9.55 Å². The van der Waals surface area contributed by atoms with Gasteiger partial charge in [-0.15, -0.1) is 11.8 Å². The van der Waals surface area contributed by atoms with Gasteiger partial charge in [0.25, 0.3) is 0 Å². The Hall–Kier alpha value is -1.40. The van der Waals surface area contributed by atoms with Crippen LogP contribution < -0.4 is 5.73 Å². The fourth-order valence-electron chi connectivity index (χ4n) is 1.65. The van der Waals surface area contributed by atoms with Gasteiger partial charge in [0.15, 0.2) is 0 Å². The number of alkyl halides is 2. The quantitative estimate of drug-likeness (QED) is 0.853. The molecule has 1 atom stereocenters. The first-order chi connectivity index (χ1) is 9.08. The maximum absolute atomic E-state index is 12.6. The molecular formula is C13H15F2N3S. The van der Waals surface area contributed by atoms with Crippen molar-refractivity contribution in [3.8, 4) is 0 Å². The van der Waals surface area contributed by atoms with E-state index < -0.39 is 6.55 Å². The van der Waals surface area contributed by atoms with Crippen LogP contribution in [0.15, 0.2) is 41.6 Å². The van der Waals surface area contributed by atoms with Crippen molar-refractivity contribution in [3.05, 3.63) is 48.0 Å². The standard InChI is InChI=1S/C13H15F2N3S/c1-9(16)10-2-4-11(5-3-10)19-8-12-17-6-7-18(12)13(14)15/h2-7,9,13H,8,16H2,1H3. The molecule has 2 aromatic rings. The van der Waals surface area contributed by atoms with Crippen LogP contribution >= 0.6 is 11.8 Å². The normalized spacial score (nSPS) is 12.9. The van der Waals surface area contributed by atoms with E-state index in [1.807, 2.05) is 31.2 Å². The Balaban J connectivity index is 2.00. The molecule has 0 radical (unpaired) electrons. The molecule has 0 aliphatic heterocycles. The zero-order chi connectivity index (χ0) is 13.8. The highest BCUT2D eigenvalue weighted by Gasteiger charge is 2.11. The van der Waals surface area contributed by atoms with Gasteiger partial charge in [-0.2, -0.15) is 8.78 Å². The molecule has 0 bridgehead atoms. The summed E-state index contributed by atoms with van der Waals surface area (Å²) in [5.41, 5.74) is 6.82. The molecule has 0 aliphatic carbocycles. The number of thioether (sulfide) groups is 1. The van der Waals surface area contributed by atoms with Gasteiger partial charge in [0, 0.05) is 23.3 Å². The molecule has 6 heteroatoms. The number of benzene rings is 1. The Morgan fingerprint density at radius 2 is 2.00 bits per heavy atom. The second kappa shape index (κ2) is 6.16. The third-order valence-electron chi connectivity index (χ3n) is 2.73. The topological polar surface area (TPSA) is 43.8 Å².